The van der Waals surface area contributed by atoms with Crippen molar-refractivity contribution in [2.24, 2.45) is 0 Å². The van der Waals surface area contributed by atoms with E-state index in [2.05, 4.69) is 16.5 Å². The molecule has 2 rings (SSSR count). The Balaban J connectivity index is 2.65. The molecule has 0 amide bonds. The zero-order chi connectivity index (χ0) is 10.8. The van der Waals surface area contributed by atoms with E-state index in [1.165, 1.54) is 10.9 Å². The summed E-state index contributed by atoms with van der Waals surface area (Å²) in [6.45, 7) is 3.81. The largest absolute Gasteiger partial charge is 0.293 e. The number of hydrogen-bond acceptors (Lipinski definition) is 3. The smallest absolute Gasteiger partial charge is 0.261 e. The third-order valence-corrected chi connectivity index (χ3v) is 2.09. The van der Waals surface area contributed by atoms with E-state index < -0.39 is 0 Å². The van der Waals surface area contributed by atoms with Crippen molar-refractivity contribution in [1.29, 1.82) is 0 Å². The van der Waals surface area contributed by atoms with E-state index in [0.717, 1.165) is 0 Å². The second-order valence-electron chi connectivity index (χ2n) is 3.09. The molecule has 0 bridgehead atoms. The fourth-order valence-corrected chi connectivity index (χ4v) is 1.44. The van der Waals surface area contributed by atoms with Gasteiger partial charge in [-0.3, -0.25) is 14.3 Å². The van der Waals surface area contributed by atoms with E-state index in [0.29, 0.717) is 15.9 Å². The van der Waals surface area contributed by atoms with Crippen LogP contribution in [0.3, 0.4) is 0 Å². The minimum Gasteiger partial charge on any atom is -0.293 e. The predicted octanol–water partition coefficient (Wildman–Crippen LogP) is 1.54. The fraction of sp³-hybridized carbons (Fsp3) is 0.100. The Kier molecular flexibility index (Phi) is 2.51. The van der Waals surface area contributed by atoms with Crippen LogP contribution in [0.1, 0.15) is 0 Å². The van der Waals surface area contributed by atoms with E-state index in [1.54, 1.807) is 18.5 Å². The average Bonchev–Trinajstić information content (AvgIpc) is 2.22. The lowest BCUT2D eigenvalue weighted by atomic mass is 10.3. The molecule has 76 valence electrons. The molecule has 0 saturated carbocycles. The highest BCUT2D eigenvalue weighted by Gasteiger charge is 2.03. The molecule has 0 radical (unpaired) electrons. The maximum atomic E-state index is 11.9. The van der Waals surface area contributed by atoms with Gasteiger partial charge in [0.15, 0.2) is 0 Å². The molecule has 15 heavy (non-hydrogen) atoms. The summed E-state index contributed by atoms with van der Waals surface area (Å²) in [6.07, 6.45) is 4.56. The van der Waals surface area contributed by atoms with E-state index in [4.69, 9.17) is 11.6 Å². The molecule has 2 aromatic heterocycles. The summed E-state index contributed by atoms with van der Waals surface area (Å²) in [4.78, 5) is 19.8. The number of halogens is 1. The van der Waals surface area contributed by atoms with Crippen molar-refractivity contribution < 1.29 is 0 Å². The van der Waals surface area contributed by atoms with Gasteiger partial charge in [0.25, 0.3) is 5.56 Å². The minimum absolute atomic E-state index is 0.135. The van der Waals surface area contributed by atoms with Gasteiger partial charge in [-0.05, 0) is 6.07 Å². The van der Waals surface area contributed by atoms with Crippen molar-refractivity contribution in [2.75, 3.05) is 0 Å². The molecular weight excluding hydrogens is 214 g/mol. The third-order valence-electron chi connectivity index (χ3n) is 1.97. The monoisotopic (exact) mass is 221 g/mol. The Bertz CT molecular complexity index is 576. The van der Waals surface area contributed by atoms with Gasteiger partial charge in [0, 0.05) is 11.2 Å². The van der Waals surface area contributed by atoms with E-state index in [-0.39, 0.29) is 12.1 Å². The van der Waals surface area contributed by atoms with Crippen molar-refractivity contribution in [1.82, 2.24) is 14.5 Å². The Labute approximate surface area is 90.9 Å². The first-order chi connectivity index (χ1) is 7.18. The van der Waals surface area contributed by atoms with Gasteiger partial charge in [0.1, 0.15) is 0 Å². The van der Waals surface area contributed by atoms with Gasteiger partial charge in [0.05, 0.1) is 30.0 Å². The summed E-state index contributed by atoms with van der Waals surface area (Å²) in [5.41, 5.74) is 0.447. The molecule has 0 aliphatic rings. The molecular formula is C10H8ClN3O. The number of allylic oxidation sites excluding steroid dienone is 1. The van der Waals surface area contributed by atoms with Crippen LogP contribution < -0.4 is 5.56 Å². The molecule has 4 nitrogen and oxygen atoms in total. The maximum Gasteiger partial charge on any atom is 0.261 e. The van der Waals surface area contributed by atoms with Gasteiger partial charge >= 0.3 is 0 Å². The van der Waals surface area contributed by atoms with Crippen LogP contribution in [-0.4, -0.2) is 14.5 Å². The zero-order valence-corrected chi connectivity index (χ0v) is 8.61. The lowest BCUT2D eigenvalue weighted by Gasteiger charge is -2.04. The van der Waals surface area contributed by atoms with E-state index in [1.807, 2.05) is 0 Å². The zero-order valence-electron chi connectivity index (χ0n) is 7.85. The van der Waals surface area contributed by atoms with Gasteiger partial charge in [-0.25, -0.2) is 4.98 Å². The topological polar surface area (TPSA) is 47.8 Å². The standard InChI is InChI=1S/C10H8ClN3O/c1-7(11)5-14-6-13-9-4-12-3-2-8(9)10(14)15/h2-4,6H,1,5H2. The summed E-state index contributed by atoms with van der Waals surface area (Å²) in [6, 6.07) is 1.64. The lowest BCUT2D eigenvalue weighted by molar-refractivity contribution is 0.759. The second-order valence-corrected chi connectivity index (χ2v) is 3.62. The summed E-state index contributed by atoms with van der Waals surface area (Å²) < 4.78 is 1.41. The Morgan fingerprint density at radius 2 is 2.40 bits per heavy atom. The molecule has 2 aromatic rings. The van der Waals surface area contributed by atoms with Crippen molar-refractivity contribution in [3.05, 3.63) is 46.8 Å². The quantitative estimate of drug-likeness (QED) is 0.773. The third kappa shape index (κ3) is 1.89. The van der Waals surface area contributed by atoms with Gasteiger partial charge in [-0.15, -0.1) is 0 Å². The van der Waals surface area contributed by atoms with Crippen LogP contribution >= 0.6 is 11.6 Å². The summed E-state index contributed by atoms with van der Waals surface area (Å²) in [5, 5.41) is 0.928. The first-order valence-corrected chi connectivity index (χ1v) is 4.69. The summed E-state index contributed by atoms with van der Waals surface area (Å²) in [7, 11) is 0. The van der Waals surface area contributed by atoms with Gasteiger partial charge in [0.2, 0.25) is 0 Å². The lowest BCUT2D eigenvalue weighted by Crippen LogP contribution is -2.20. The predicted molar refractivity (Wildman–Crippen MR) is 58.8 cm³/mol. The van der Waals surface area contributed by atoms with Crippen LogP contribution in [0.2, 0.25) is 0 Å². The maximum absolute atomic E-state index is 11.9. The molecule has 0 fully saturated rings. The SMILES string of the molecule is C=C(Cl)Cn1cnc2cnccc2c1=O. The van der Waals surface area contributed by atoms with Crippen LogP contribution in [-0.2, 0) is 6.54 Å². The van der Waals surface area contributed by atoms with Crippen LogP contribution in [0.5, 0.6) is 0 Å². The minimum atomic E-state index is -0.135. The molecule has 0 saturated heterocycles. The van der Waals surface area contributed by atoms with Crippen molar-refractivity contribution in [2.45, 2.75) is 6.54 Å². The number of hydrogen-bond donors (Lipinski definition) is 0. The molecule has 2 heterocycles. The molecule has 5 heteroatoms. The van der Waals surface area contributed by atoms with Crippen LogP contribution in [0.25, 0.3) is 10.9 Å². The highest BCUT2D eigenvalue weighted by atomic mass is 35.5. The number of rotatable bonds is 2. The van der Waals surface area contributed by atoms with E-state index in [9.17, 15) is 4.79 Å². The number of pyridine rings is 1. The van der Waals surface area contributed by atoms with Gasteiger partial charge in [-0.1, -0.05) is 18.2 Å². The molecule has 0 aliphatic carbocycles. The molecule has 0 N–H and O–H groups in total. The van der Waals surface area contributed by atoms with Crippen molar-refractivity contribution >= 4 is 22.5 Å². The summed E-state index contributed by atoms with van der Waals surface area (Å²) in [5.74, 6) is 0. The highest BCUT2D eigenvalue weighted by molar-refractivity contribution is 6.29. The molecule has 0 aliphatic heterocycles. The number of fused-ring (bicyclic) bond motifs is 1. The van der Waals surface area contributed by atoms with Crippen LogP contribution in [0, 0.1) is 0 Å². The molecule has 0 aromatic carbocycles. The first kappa shape index (κ1) is 9.86. The Morgan fingerprint density at radius 1 is 1.60 bits per heavy atom. The highest BCUT2D eigenvalue weighted by Crippen LogP contribution is 2.04. The average molecular weight is 222 g/mol. The normalized spacial score (nSPS) is 10.5. The summed E-state index contributed by atoms with van der Waals surface area (Å²) >= 11 is 5.64. The van der Waals surface area contributed by atoms with Crippen molar-refractivity contribution in [3.63, 3.8) is 0 Å². The van der Waals surface area contributed by atoms with Gasteiger partial charge in [-0.2, -0.15) is 0 Å². The Morgan fingerprint density at radius 3 is 3.13 bits per heavy atom. The van der Waals surface area contributed by atoms with Crippen molar-refractivity contribution in [3.8, 4) is 0 Å². The fourth-order valence-electron chi connectivity index (χ4n) is 1.31. The van der Waals surface area contributed by atoms with Crippen LogP contribution in [0.4, 0.5) is 0 Å². The second kappa shape index (κ2) is 3.82. The number of nitrogens with zero attached hydrogens (tertiary/aromatic N) is 3. The first-order valence-electron chi connectivity index (χ1n) is 4.31. The number of aromatic nitrogens is 3. The Hall–Kier alpha value is -1.68. The molecule has 0 spiro atoms. The van der Waals surface area contributed by atoms with Crippen LogP contribution in [0.15, 0.2) is 41.2 Å². The molecule has 0 atom stereocenters. The van der Waals surface area contributed by atoms with Gasteiger partial charge < -0.3 is 0 Å². The molecule has 0 unspecified atom stereocenters. The van der Waals surface area contributed by atoms with E-state index >= 15 is 0 Å².